The van der Waals surface area contributed by atoms with Crippen LogP contribution in [0.5, 0.6) is 5.75 Å². The molecular weight excluding hydrogens is 166 g/mol. The zero-order valence-electron chi connectivity index (χ0n) is 7.91. The van der Waals surface area contributed by atoms with Gasteiger partial charge in [0.05, 0.1) is 0 Å². The molecule has 0 amide bonds. The zero-order chi connectivity index (χ0) is 9.90. The number of rotatable bonds is 3. The number of nitrogens with one attached hydrogen (secondary N) is 1. The van der Waals surface area contributed by atoms with Gasteiger partial charge in [0.1, 0.15) is 11.5 Å². The Morgan fingerprint density at radius 3 is 2.23 bits per heavy atom. The molecule has 3 heteroatoms. The number of benzene rings is 1. The largest absolute Gasteiger partial charge is 0.508 e. The minimum atomic E-state index is -0.992. The molecule has 0 fully saturated rings. The highest BCUT2D eigenvalue weighted by Crippen LogP contribution is 2.22. The van der Waals surface area contributed by atoms with Gasteiger partial charge in [-0.25, -0.2) is 0 Å². The van der Waals surface area contributed by atoms with Gasteiger partial charge in [-0.3, -0.25) is 5.32 Å². The van der Waals surface area contributed by atoms with Crippen molar-refractivity contribution in [2.45, 2.75) is 19.1 Å². The Morgan fingerprint density at radius 2 is 1.85 bits per heavy atom. The Kier molecular flexibility index (Phi) is 2.90. The van der Waals surface area contributed by atoms with E-state index in [1.807, 2.05) is 6.92 Å². The summed E-state index contributed by atoms with van der Waals surface area (Å²) in [7, 11) is 1.70. The van der Waals surface area contributed by atoms with E-state index in [0.717, 1.165) is 5.56 Å². The topological polar surface area (TPSA) is 52.5 Å². The molecule has 0 aliphatic rings. The lowest BCUT2D eigenvalue weighted by molar-refractivity contribution is 0.00410. The first-order valence-corrected chi connectivity index (χ1v) is 4.33. The van der Waals surface area contributed by atoms with Crippen LogP contribution in [0, 0.1) is 0 Å². The molecule has 0 aliphatic carbocycles. The van der Waals surface area contributed by atoms with Crippen molar-refractivity contribution >= 4 is 0 Å². The fourth-order valence-corrected chi connectivity index (χ4v) is 1.26. The molecule has 1 unspecified atom stereocenters. The van der Waals surface area contributed by atoms with Crippen LogP contribution in [0.2, 0.25) is 0 Å². The maximum Gasteiger partial charge on any atom is 0.141 e. The second-order valence-electron chi connectivity index (χ2n) is 3.01. The van der Waals surface area contributed by atoms with E-state index >= 15 is 0 Å². The molecule has 0 bridgehead atoms. The summed E-state index contributed by atoms with van der Waals surface area (Å²) in [4.78, 5) is 0. The minimum Gasteiger partial charge on any atom is -0.508 e. The summed E-state index contributed by atoms with van der Waals surface area (Å²) < 4.78 is 0. The summed E-state index contributed by atoms with van der Waals surface area (Å²) in [6.45, 7) is 1.89. The van der Waals surface area contributed by atoms with Crippen LogP contribution in [0.15, 0.2) is 24.3 Å². The van der Waals surface area contributed by atoms with Crippen LogP contribution in [-0.2, 0) is 5.72 Å². The van der Waals surface area contributed by atoms with E-state index in [-0.39, 0.29) is 5.75 Å². The molecule has 0 spiro atoms. The Morgan fingerprint density at radius 1 is 1.31 bits per heavy atom. The van der Waals surface area contributed by atoms with Gasteiger partial charge in [0.15, 0.2) is 0 Å². The molecule has 3 N–H and O–H groups in total. The smallest absolute Gasteiger partial charge is 0.141 e. The quantitative estimate of drug-likeness (QED) is 0.613. The summed E-state index contributed by atoms with van der Waals surface area (Å²) in [6, 6.07) is 6.53. The lowest BCUT2D eigenvalue weighted by atomic mass is 10.0. The van der Waals surface area contributed by atoms with Gasteiger partial charge >= 0.3 is 0 Å². The third-order valence-electron chi connectivity index (χ3n) is 2.27. The normalized spacial score (nSPS) is 15.3. The zero-order valence-corrected chi connectivity index (χ0v) is 7.91. The van der Waals surface area contributed by atoms with Gasteiger partial charge in [-0.05, 0) is 31.2 Å². The third kappa shape index (κ3) is 1.99. The molecule has 0 radical (unpaired) electrons. The Balaban J connectivity index is 2.99. The number of aromatic hydroxyl groups is 1. The first kappa shape index (κ1) is 10.0. The lowest BCUT2D eigenvalue weighted by Crippen LogP contribution is -2.38. The molecular formula is C10H15NO2. The Labute approximate surface area is 78.0 Å². The van der Waals surface area contributed by atoms with Crippen LogP contribution in [-0.4, -0.2) is 17.3 Å². The summed E-state index contributed by atoms with van der Waals surface area (Å²) in [5.41, 5.74) is -0.233. The number of aliphatic hydroxyl groups is 1. The minimum absolute atomic E-state index is 0.207. The predicted octanol–water partition coefficient (Wildman–Crippen LogP) is 1.17. The highest BCUT2D eigenvalue weighted by Gasteiger charge is 2.23. The van der Waals surface area contributed by atoms with E-state index < -0.39 is 5.72 Å². The van der Waals surface area contributed by atoms with Crippen LogP contribution in [0.25, 0.3) is 0 Å². The molecule has 1 rings (SSSR count). The molecule has 0 saturated heterocycles. The Hall–Kier alpha value is -1.06. The van der Waals surface area contributed by atoms with E-state index in [2.05, 4.69) is 5.32 Å². The van der Waals surface area contributed by atoms with Crippen molar-refractivity contribution in [1.82, 2.24) is 5.32 Å². The average molecular weight is 181 g/mol. The van der Waals surface area contributed by atoms with E-state index in [1.54, 1.807) is 31.3 Å². The van der Waals surface area contributed by atoms with Crippen molar-refractivity contribution in [2.75, 3.05) is 7.05 Å². The van der Waals surface area contributed by atoms with Gasteiger partial charge in [-0.2, -0.15) is 0 Å². The molecule has 1 aromatic carbocycles. The van der Waals surface area contributed by atoms with Gasteiger partial charge in [0.2, 0.25) is 0 Å². The molecule has 3 nitrogen and oxygen atoms in total. The maximum absolute atomic E-state index is 10.00. The van der Waals surface area contributed by atoms with E-state index in [9.17, 15) is 5.11 Å². The molecule has 1 aromatic rings. The molecule has 13 heavy (non-hydrogen) atoms. The molecule has 0 aromatic heterocycles. The number of phenolic OH excluding ortho intramolecular Hbond substituents is 1. The van der Waals surface area contributed by atoms with Crippen molar-refractivity contribution in [1.29, 1.82) is 0 Å². The fraction of sp³-hybridized carbons (Fsp3) is 0.400. The van der Waals surface area contributed by atoms with Crippen molar-refractivity contribution in [3.8, 4) is 5.75 Å². The summed E-state index contributed by atoms with van der Waals surface area (Å²) in [5.74, 6) is 0.207. The highest BCUT2D eigenvalue weighted by molar-refractivity contribution is 5.29. The van der Waals surface area contributed by atoms with Gasteiger partial charge in [0.25, 0.3) is 0 Å². The Bertz CT molecular complexity index is 265. The van der Waals surface area contributed by atoms with Crippen molar-refractivity contribution in [3.63, 3.8) is 0 Å². The number of hydrogen-bond acceptors (Lipinski definition) is 3. The number of hydrogen-bond donors (Lipinski definition) is 3. The van der Waals surface area contributed by atoms with Crippen LogP contribution in [0.4, 0.5) is 0 Å². The standard InChI is InChI=1S/C10H15NO2/c1-3-10(13,11-2)8-4-6-9(12)7-5-8/h4-7,11-13H,3H2,1-2H3. The molecule has 0 aliphatic heterocycles. The first-order valence-electron chi connectivity index (χ1n) is 4.33. The second-order valence-corrected chi connectivity index (χ2v) is 3.01. The van der Waals surface area contributed by atoms with Gasteiger partial charge in [-0.1, -0.05) is 19.1 Å². The van der Waals surface area contributed by atoms with Crippen molar-refractivity contribution in [3.05, 3.63) is 29.8 Å². The maximum atomic E-state index is 10.00. The molecule has 0 saturated carbocycles. The highest BCUT2D eigenvalue weighted by atomic mass is 16.3. The molecule has 0 heterocycles. The van der Waals surface area contributed by atoms with Crippen LogP contribution in [0.3, 0.4) is 0 Å². The van der Waals surface area contributed by atoms with Crippen LogP contribution >= 0.6 is 0 Å². The molecule has 72 valence electrons. The number of phenols is 1. The SMILES string of the molecule is CCC(O)(NC)c1ccc(O)cc1. The van der Waals surface area contributed by atoms with Crippen LogP contribution in [0.1, 0.15) is 18.9 Å². The van der Waals surface area contributed by atoms with Crippen molar-refractivity contribution in [2.24, 2.45) is 0 Å². The van der Waals surface area contributed by atoms with E-state index in [0.29, 0.717) is 6.42 Å². The first-order chi connectivity index (χ1) is 6.12. The third-order valence-corrected chi connectivity index (χ3v) is 2.27. The van der Waals surface area contributed by atoms with E-state index in [4.69, 9.17) is 5.11 Å². The average Bonchev–Trinajstić information content (AvgIpc) is 2.18. The predicted molar refractivity (Wildman–Crippen MR) is 51.4 cm³/mol. The molecule has 1 atom stereocenters. The summed E-state index contributed by atoms with van der Waals surface area (Å²) in [5, 5.41) is 21.9. The van der Waals surface area contributed by atoms with Gasteiger partial charge in [-0.15, -0.1) is 0 Å². The van der Waals surface area contributed by atoms with Gasteiger partial charge < -0.3 is 10.2 Å². The van der Waals surface area contributed by atoms with E-state index in [1.165, 1.54) is 0 Å². The second kappa shape index (κ2) is 3.77. The lowest BCUT2D eigenvalue weighted by Gasteiger charge is -2.26. The summed E-state index contributed by atoms with van der Waals surface area (Å²) >= 11 is 0. The fourth-order valence-electron chi connectivity index (χ4n) is 1.26. The van der Waals surface area contributed by atoms with Crippen molar-refractivity contribution < 1.29 is 10.2 Å². The van der Waals surface area contributed by atoms with Crippen LogP contribution < -0.4 is 5.32 Å². The van der Waals surface area contributed by atoms with Gasteiger partial charge in [0, 0.05) is 0 Å². The summed E-state index contributed by atoms with van der Waals surface area (Å²) in [6.07, 6.45) is 0.578. The monoisotopic (exact) mass is 181 g/mol.